The summed E-state index contributed by atoms with van der Waals surface area (Å²) in [4.78, 5) is 2.46. The lowest BCUT2D eigenvalue weighted by molar-refractivity contribution is 0.449. The van der Waals surface area contributed by atoms with Crippen molar-refractivity contribution in [1.82, 2.24) is 5.32 Å². The zero-order chi connectivity index (χ0) is 9.80. The van der Waals surface area contributed by atoms with Crippen LogP contribution >= 0.6 is 0 Å². The van der Waals surface area contributed by atoms with Crippen LogP contribution in [0.5, 0.6) is 0 Å². The van der Waals surface area contributed by atoms with E-state index in [1.165, 1.54) is 25.1 Å². The van der Waals surface area contributed by atoms with Crippen LogP contribution in [0.2, 0.25) is 0 Å². The van der Waals surface area contributed by atoms with E-state index in [4.69, 9.17) is 0 Å². The molecule has 2 nitrogen and oxygen atoms in total. The first-order chi connectivity index (χ1) is 6.90. The maximum atomic E-state index is 3.36. The lowest BCUT2D eigenvalue weighted by atomic mass is 10.1. The first-order valence-corrected chi connectivity index (χ1v) is 5.37. The molecule has 0 aliphatic carbocycles. The van der Waals surface area contributed by atoms with E-state index < -0.39 is 0 Å². The highest BCUT2D eigenvalue weighted by molar-refractivity contribution is 5.46. The minimum Gasteiger partial charge on any atom is -0.370 e. The van der Waals surface area contributed by atoms with Crippen molar-refractivity contribution in [3.05, 3.63) is 30.3 Å². The van der Waals surface area contributed by atoms with Gasteiger partial charge in [0.15, 0.2) is 0 Å². The molecular formula is C12H18N2. The average molecular weight is 190 g/mol. The highest BCUT2D eigenvalue weighted by atomic mass is 15.2. The Morgan fingerprint density at radius 2 is 2.07 bits per heavy atom. The molecule has 14 heavy (non-hydrogen) atoms. The number of rotatable bonds is 2. The van der Waals surface area contributed by atoms with Crippen molar-refractivity contribution in [3.63, 3.8) is 0 Å². The Hall–Kier alpha value is -1.02. The van der Waals surface area contributed by atoms with Crippen LogP contribution in [-0.2, 0) is 0 Å². The molecule has 1 heterocycles. The molecule has 0 amide bonds. The molecule has 0 bridgehead atoms. The van der Waals surface area contributed by atoms with Gasteiger partial charge in [0, 0.05) is 24.8 Å². The maximum Gasteiger partial charge on any atom is 0.0366 e. The standard InChI is InChI=1S/C12H18N2/c1-13-11-6-5-9-14(10-11)12-7-3-2-4-8-12/h2-4,7-8,11,13H,5-6,9-10H2,1H3/t11-/m1/s1. The molecule has 0 saturated carbocycles. The summed E-state index contributed by atoms with van der Waals surface area (Å²) in [6, 6.07) is 11.3. The Morgan fingerprint density at radius 1 is 1.29 bits per heavy atom. The molecule has 76 valence electrons. The van der Waals surface area contributed by atoms with Crippen LogP contribution in [0.3, 0.4) is 0 Å². The molecule has 1 aliphatic heterocycles. The largest absolute Gasteiger partial charge is 0.370 e. The van der Waals surface area contributed by atoms with E-state index >= 15 is 0 Å². The molecule has 1 aliphatic rings. The first-order valence-electron chi connectivity index (χ1n) is 5.37. The van der Waals surface area contributed by atoms with Crippen LogP contribution in [0.1, 0.15) is 12.8 Å². The molecule has 1 aromatic carbocycles. The zero-order valence-corrected chi connectivity index (χ0v) is 8.74. The minimum absolute atomic E-state index is 0.656. The van der Waals surface area contributed by atoms with Crippen LogP contribution in [0.15, 0.2) is 30.3 Å². The molecule has 0 aromatic heterocycles. The summed E-state index contributed by atoms with van der Waals surface area (Å²) >= 11 is 0. The summed E-state index contributed by atoms with van der Waals surface area (Å²) < 4.78 is 0. The van der Waals surface area contributed by atoms with Gasteiger partial charge in [0.2, 0.25) is 0 Å². The van der Waals surface area contributed by atoms with Gasteiger partial charge in [0.05, 0.1) is 0 Å². The minimum atomic E-state index is 0.656. The zero-order valence-electron chi connectivity index (χ0n) is 8.74. The summed E-state index contributed by atoms with van der Waals surface area (Å²) in [5.41, 5.74) is 1.35. The second-order valence-electron chi connectivity index (χ2n) is 3.91. The smallest absolute Gasteiger partial charge is 0.0366 e. The van der Waals surface area contributed by atoms with E-state index in [0.29, 0.717) is 6.04 Å². The average Bonchev–Trinajstić information content (AvgIpc) is 2.30. The molecule has 1 fully saturated rings. The fourth-order valence-corrected chi connectivity index (χ4v) is 2.09. The Balaban J connectivity index is 2.04. The predicted molar refractivity (Wildman–Crippen MR) is 60.7 cm³/mol. The third-order valence-electron chi connectivity index (χ3n) is 2.95. The quantitative estimate of drug-likeness (QED) is 0.766. The van der Waals surface area contributed by atoms with Crippen molar-refractivity contribution in [2.24, 2.45) is 0 Å². The van der Waals surface area contributed by atoms with Crippen molar-refractivity contribution < 1.29 is 0 Å². The van der Waals surface area contributed by atoms with Crippen LogP contribution in [0.4, 0.5) is 5.69 Å². The fraction of sp³-hybridized carbons (Fsp3) is 0.500. The van der Waals surface area contributed by atoms with E-state index in [9.17, 15) is 0 Å². The molecule has 1 saturated heterocycles. The van der Waals surface area contributed by atoms with Gasteiger partial charge in [0.1, 0.15) is 0 Å². The van der Waals surface area contributed by atoms with Crippen molar-refractivity contribution >= 4 is 5.69 Å². The lowest BCUT2D eigenvalue weighted by Crippen LogP contribution is -2.44. The van der Waals surface area contributed by atoms with Gasteiger partial charge in [-0.1, -0.05) is 18.2 Å². The molecule has 1 aromatic rings. The van der Waals surface area contributed by atoms with Crippen LogP contribution in [0.25, 0.3) is 0 Å². The van der Waals surface area contributed by atoms with E-state index in [2.05, 4.69) is 47.6 Å². The van der Waals surface area contributed by atoms with Gasteiger partial charge in [-0.15, -0.1) is 0 Å². The monoisotopic (exact) mass is 190 g/mol. The fourth-order valence-electron chi connectivity index (χ4n) is 2.09. The second kappa shape index (κ2) is 4.47. The van der Waals surface area contributed by atoms with Gasteiger partial charge < -0.3 is 10.2 Å². The number of nitrogens with zero attached hydrogens (tertiary/aromatic N) is 1. The Kier molecular flexibility index (Phi) is 3.04. The van der Waals surface area contributed by atoms with E-state index in [1.807, 2.05) is 0 Å². The maximum absolute atomic E-state index is 3.36. The SMILES string of the molecule is CN[C@@H]1CCCN(c2ccccc2)C1. The van der Waals surface area contributed by atoms with Gasteiger partial charge in [-0.25, -0.2) is 0 Å². The number of piperidine rings is 1. The Labute approximate surface area is 85.9 Å². The van der Waals surface area contributed by atoms with E-state index in [0.717, 1.165) is 6.54 Å². The number of likely N-dealkylation sites (N-methyl/N-ethyl adjacent to an activating group) is 1. The number of benzene rings is 1. The van der Waals surface area contributed by atoms with Crippen molar-refractivity contribution in [2.45, 2.75) is 18.9 Å². The van der Waals surface area contributed by atoms with Gasteiger partial charge >= 0.3 is 0 Å². The predicted octanol–water partition coefficient (Wildman–Crippen LogP) is 1.87. The number of nitrogens with one attached hydrogen (secondary N) is 1. The molecule has 0 unspecified atom stereocenters. The third kappa shape index (κ3) is 2.07. The molecule has 0 radical (unpaired) electrons. The van der Waals surface area contributed by atoms with Gasteiger partial charge in [-0.3, -0.25) is 0 Å². The molecule has 2 rings (SSSR count). The third-order valence-corrected chi connectivity index (χ3v) is 2.95. The van der Waals surface area contributed by atoms with Gasteiger partial charge in [-0.2, -0.15) is 0 Å². The highest BCUT2D eigenvalue weighted by Crippen LogP contribution is 2.18. The molecule has 1 N–H and O–H groups in total. The van der Waals surface area contributed by atoms with Crippen molar-refractivity contribution in [1.29, 1.82) is 0 Å². The number of anilines is 1. The lowest BCUT2D eigenvalue weighted by Gasteiger charge is -2.34. The topological polar surface area (TPSA) is 15.3 Å². The molecule has 2 heteroatoms. The van der Waals surface area contributed by atoms with E-state index in [1.54, 1.807) is 0 Å². The Morgan fingerprint density at radius 3 is 2.79 bits per heavy atom. The Bertz CT molecular complexity index is 271. The van der Waals surface area contributed by atoms with Gasteiger partial charge in [-0.05, 0) is 32.0 Å². The first kappa shape index (κ1) is 9.53. The summed E-state index contributed by atoms with van der Waals surface area (Å²) in [5, 5.41) is 3.36. The highest BCUT2D eigenvalue weighted by Gasteiger charge is 2.17. The van der Waals surface area contributed by atoms with Crippen LogP contribution in [0, 0.1) is 0 Å². The van der Waals surface area contributed by atoms with Crippen molar-refractivity contribution in [2.75, 3.05) is 25.0 Å². The second-order valence-corrected chi connectivity index (χ2v) is 3.91. The normalized spacial score (nSPS) is 22.4. The summed E-state index contributed by atoms with van der Waals surface area (Å²) in [7, 11) is 2.05. The molecular weight excluding hydrogens is 172 g/mol. The number of hydrogen-bond donors (Lipinski definition) is 1. The number of para-hydroxylation sites is 1. The summed E-state index contributed by atoms with van der Waals surface area (Å²) in [5.74, 6) is 0. The van der Waals surface area contributed by atoms with Crippen LogP contribution < -0.4 is 10.2 Å². The number of hydrogen-bond acceptors (Lipinski definition) is 2. The van der Waals surface area contributed by atoms with Gasteiger partial charge in [0.25, 0.3) is 0 Å². The van der Waals surface area contributed by atoms with Crippen LogP contribution in [-0.4, -0.2) is 26.2 Å². The molecule has 0 spiro atoms. The summed E-state index contributed by atoms with van der Waals surface area (Å²) in [6.45, 7) is 2.34. The molecule has 1 atom stereocenters. The van der Waals surface area contributed by atoms with E-state index in [-0.39, 0.29) is 0 Å². The summed E-state index contributed by atoms with van der Waals surface area (Å²) in [6.07, 6.45) is 2.60. The van der Waals surface area contributed by atoms with Crippen molar-refractivity contribution in [3.8, 4) is 0 Å².